The van der Waals surface area contributed by atoms with Crippen molar-refractivity contribution in [3.05, 3.63) is 75.5 Å². The van der Waals surface area contributed by atoms with Crippen molar-refractivity contribution in [2.75, 3.05) is 6.61 Å². The van der Waals surface area contributed by atoms with Crippen LogP contribution in [0.3, 0.4) is 0 Å². The van der Waals surface area contributed by atoms with Crippen molar-refractivity contribution in [1.29, 1.82) is 0 Å². The van der Waals surface area contributed by atoms with Gasteiger partial charge in [0.25, 0.3) is 11.8 Å². The van der Waals surface area contributed by atoms with E-state index in [9.17, 15) is 9.59 Å². The van der Waals surface area contributed by atoms with E-state index in [2.05, 4.69) is 15.6 Å². The Balaban J connectivity index is 1.55. The van der Waals surface area contributed by atoms with Gasteiger partial charge in [-0.1, -0.05) is 37.3 Å². The molecule has 2 amide bonds. The lowest BCUT2D eigenvalue weighted by Crippen LogP contribution is -2.30. The van der Waals surface area contributed by atoms with Gasteiger partial charge in [-0.2, -0.15) is 0 Å². The van der Waals surface area contributed by atoms with Crippen LogP contribution >= 0.6 is 11.3 Å². The zero-order valence-electron chi connectivity index (χ0n) is 16.8. The SMILES string of the molecule is CC[C@@H](NC(=O)c1cc(C(=O)NCc2nccs2)n2c1COCC2)c1ccccc1. The first-order valence-corrected chi connectivity index (χ1v) is 10.9. The molecule has 4 rings (SSSR count). The first-order valence-electron chi connectivity index (χ1n) is 10.00. The average Bonchev–Trinajstić information content (AvgIpc) is 3.44. The highest BCUT2D eigenvalue weighted by molar-refractivity contribution is 7.09. The molecule has 0 bridgehead atoms. The summed E-state index contributed by atoms with van der Waals surface area (Å²) < 4.78 is 7.46. The second-order valence-electron chi connectivity index (χ2n) is 7.05. The third-order valence-electron chi connectivity index (χ3n) is 5.18. The second-order valence-corrected chi connectivity index (χ2v) is 8.03. The van der Waals surface area contributed by atoms with Gasteiger partial charge in [0.05, 0.1) is 37.1 Å². The van der Waals surface area contributed by atoms with Crippen molar-refractivity contribution in [3.8, 4) is 0 Å². The van der Waals surface area contributed by atoms with Crippen LogP contribution in [0.1, 0.15) is 56.5 Å². The minimum absolute atomic E-state index is 0.0964. The van der Waals surface area contributed by atoms with Crippen LogP contribution in [0.4, 0.5) is 0 Å². The number of benzene rings is 1. The Labute approximate surface area is 179 Å². The van der Waals surface area contributed by atoms with Gasteiger partial charge in [-0.3, -0.25) is 9.59 Å². The summed E-state index contributed by atoms with van der Waals surface area (Å²) in [6.07, 6.45) is 2.48. The van der Waals surface area contributed by atoms with Crippen LogP contribution in [0.15, 0.2) is 48.0 Å². The lowest BCUT2D eigenvalue weighted by Gasteiger charge is -2.20. The molecule has 0 saturated carbocycles. The van der Waals surface area contributed by atoms with Gasteiger partial charge in [0.1, 0.15) is 10.7 Å². The van der Waals surface area contributed by atoms with Crippen LogP contribution in [-0.4, -0.2) is 28.0 Å². The minimum Gasteiger partial charge on any atom is -0.373 e. The Kier molecular flexibility index (Phi) is 6.25. The Bertz CT molecular complexity index is 1010. The molecule has 0 saturated heterocycles. The number of aromatic nitrogens is 2. The molecule has 0 fully saturated rings. The molecule has 156 valence electrons. The third kappa shape index (κ3) is 4.29. The van der Waals surface area contributed by atoms with E-state index in [1.165, 1.54) is 11.3 Å². The van der Waals surface area contributed by atoms with Crippen molar-refractivity contribution in [2.24, 2.45) is 0 Å². The lowest BCUT2D eigenvalue weighted by molar-refractivity contribution is 0.0776. The molecule has 1 atom stereocenters. The highest BCUT2D eigenvalue weighted by Gasteiger charge is 2.27. The quantitative estimate of drug-likeness (QED) is 0.610. The Morgan fingerprint density at radius 2 is 2.10 bits per heavy atom. The average molecular weight is 425 g/mol. The third-order valence-corrected chi connectivity index (χ3v) is 5.96. The number of thiazole rings is 1. The number of carbonyl (C=O) groups excluding carboxylic acids is 2. The number of hydrogen-bond acceptors (Lipinski definition) is 5. The summed E-state index contributed by atoms with van der Waals surface area (Å²) in [4.78, 5) is 30.1. The highest BCUT2D eigenvalue weighted by atomic mass is 32.1. The number of rotatable bonds is 7. The Hall–Kier alpha value is -2.97. The van der Waals surface area contributed by atoms with Crippen molar-refractivity contribution >= 4 is 23.2 Å². The van der Waals surface area contributed by atoms with Crippen LogP contribution < -0.4 is 10.6 Å². The van der Waals surface area contributed by atoms with Crippen molar-refractivity contribution in [1.82, 2.24) is 20.2 Å². The predicted octanol–water partition coefficient (Wildman–Crippen LogP) is 3.29. The number of amides is 2. The van der Waals surface area contributed by atoms with E-state index < -0.39 is 0 Å². The molecule has 1 aliphatic heterocycles. The van der Waals surface area contributed by atoms with Gasteiger partial charge in [-0.05, 0) is 18.1 Å². The Morgan fingerprint density at radius 1 is 1.27 bits per heavy atom. The van der Waals surface area contributed by atoms with Crippen LogP contribution in [0.2, 0.25) is 0 Å². The molecular formula is C22H24N4O3S. The maximum Gasteiger partial charge on any atom is 0.268 e. The normalized spacial score (nSPS) is 14.0. The van der Waals surface area contributed by atoms with Gasteiger partial charge < -0.3 is 19.9 Å². The first kappa shape index (κ1) is 20.3. The standard InChI is InChI=1S/C22H24N4O3S/c1-2-17(15-6-4-3-5-7-15)25-21(27)16-12-18(26-9-10-29-14-19(16)26)22(28)24-13-20-23-8-11-30-20/h3-8,11-12,17H,2,9-10,13-14H2,1H3,(H,24,28)(H,25,27)/t17-/m1/s1. The molecule has 30 heavy (non-hydrogen) atoms. The molecule has 1 aromatic carbocycles. The van der Waals surface area contributed by atoms with Crippen molar-refractivity contribution in [2.45, 2.75) is 39.1 Å². The number of nitrogens with one attached hydrogen (secondary N) is 2. The van der Waals surface area contributed by atoms with Crippen molar-refractivity contribution < 1.29 is 14.3 Å². The smallest absolute Gasteiger partial charge is 0.268 e. The van der Waals surface area contributed by atoms with Crippen LogP contribution in [-0.2, 0) is 24.4 Å². The summed E-state index contributed by atoms with van der Waals surface area (Å²) in [6, 6.07) is 11.5. The van der Waals surface area contributed by atoms with Gasteiger partial charge in [-0.25, -0.2) is 4.98 Å². The van der Waals surface area contributed by atoms with Crippen molar-refractivity contribution in [3.63, 3.8) is 0 Å². The zero-order valence-corrected chi connectivity index (χ0v) is 17.6. The van der Waals surface area contributed by atoms with E-state index >= 15 is 0 Å². The molecule has 3 heterocycles. The molecular weight excluding hydrogens is 400 g/mol. The summed E-state index contributed by atoms with van der Waals surface area (Å²) in [5.41, 5.74) is 2.76. The molecule has 8 heteroatoms. The minimum atomic E-state index is -0.220. The molecule has 2 N–H and O–H groups in total. The van der Waals surface area contributed by atoms with Crippen LogP contribution in [0, 0.1) is 0 Å². The molecule has 1 aliphatic rings. The highest BCUT2D eigenvalue weighted by Crippen LogP contribution is 2.23. The molecule has 0 spiro atoms. The van der Waals surface area contributed by atoms with Crippen LogP contribution in [0.5, 0.6) is 0 Å². The van der Waals surface area contributed by atoms with E-state index in [0.717, 1.165) is 22.7 Å². The fraction of sp³-hybridized carbons (Fsp3) is 0.318. The second kappa shape index (κ2) is 9.23. The summed E-state index contributed by atoms with van der Waals surface area (Å²) in [5, 5.41) is 8.71. The summed E-state index contributed by atoms with van der Waals surface area (Å²) in [7, 11) is 0. The maximum absolute atomic E-state index is 13.1. The topological polar surface area (TPSA) is 85.3 Å². The molecule has 3 aromatic rings. The lowest BCUT2D eigenvalue weighted by atomic mass is 10.0. The van der Waals surface area contributed by atoms with E-state index in [-0.39, 0.29) is 17.9 Å². The van der Waals surface area contributed by atoms with Gasteiger partial charge in [0, 0.05) is 18.1 Å². The number of hydrogen-bond donors (Lipinski definition) is 2. The van der Waals surface area contributed by atoms with Gasteiger partial charge in [0.15, 0.2) is 0 Å². The van der Waals surface area contributed by atoms with E-state index in [1.807, 2.05) is 47.2 Å². The van der Waals surface area contributed by atoms with Crippen LogP contribution in [0.25, 0.3) is 0 Å². The fourth-order valence-electron chi connectivity index (χ4n) is 3.64. The monoisotopic (exact) mass is 424 g/mol. The largest absolute Gasteiger partial charge is 0.373 e. The molecule has 2 aromatic heterocycles. The zero-order chi connectivity index (χ0) is 20.9. The van der Waals surface area contributed by atoms with Gasteiger partial charge in [-0.15, -0.1) is 11.3 Å². The van der Waals surface area contributed by atoms with E-state index in [0.29, 0.717) is 37.6 Å². The number of nitrogens with zero attached hydrogens (tertiary/aromatic N) is 2. The Morgan fingerprint density at radius 3 is 2.83 bits per heavy atom. The van der Waals surface area contributed by atoms with E-state index in [4.69, 9.17) is 4.74 Å². The molecule has 0 radical (unpaired) electrons. The number of fused-ring (bicyclic) bond motifs is 1. The number of ether oxygens (including phenoxy) is 1. The molecule has 0 aliphatic carbocycles. The fourth-order valence-corrected chi connectivity index (χ4v) is 4.19. The number of carbonyl (C=O) groups is 2. The summed E-state index contributed by atoms with van der Waals surface area (Å²) in [5.74, 6) is -0.415. The molecule has 7 nitrogen and oxygen atoms in total. The first-order chi connectivity index (χ1) is 14.7. The predicted molar refractivity (Wildman–Crippen MR) is 114 cm³/mol. The summed E-state index contributed by atoms with van der Waals surface area (Å²) >= 11 is 1.49. The van der Waals surface area contributed by atoms with E-state index in [1.54, 1.807) is 12.3 Å². The van der Waals surface area contributed by atoms with Gasteiger partial charge >= 0.3 is 0 Å². The van der Waals surface area contributed by atoms with Gasteiger partial charge in [0.2, 0.25) is 0 Å². The molecule has 0 unspecified atom stereocenters. The maximum atomic E-state index is 13.1. The summed E-state index contributed by atoms with van der Waals surface area (Å²) in [6.45, 7) is 3.76.